The van der Waals surface area contributed by atoms with Gasteiger partial charge in [0.25, 0.3) is 0 Å². The van der Waals surface area contributed by atoms with E-state index in [-0.39, 0.29) is 5.75 Å². The second-order valence-corrected chi connectivity index (χ2v) is 7.36. The van der Waals surface area contributed by atoms with Gasteiger partial charge in [-0.1, -0.05) is 0 Å². The van der Waals surface area contributed by atoms with E-state index >= 15 is 0 Å². The van der Waals surface area contributed by atoms with Crippen LogP contribution in [0.3, 0.4) is 0 Å². The summed E-state index contributed by atoms with van der Waals surface area (Å²) in [5.41, 5.74) is -0.932. The Morgan fingerprint density at radius 1 is 1.44 bits per heavy atom. The third-order valence-electron chi connectivity index (χ3n) is 2.37. The Morgan fingerprint density at radius 3 is 2.38 bits per heavy atom. The summed E-state index contributed by atoms with van der Waals surface area (Å²) in [7, 11) is -1.31. The molecule has 16 heavy (non-hydrogen) atoms. The number of thioether (sulfide) groups is 1. The van der Waals surface area contributed by atoms with Gasteiger partial charge in [0, 0.05) is 12.0 Å². The van der Waals surface area contributed by atoms with E-state index in [1.54, 1.807) is 14.0 Å². The van der Waals surface area contributed by atoms with Crippen LogP contribution in [0.15, 0.2) is 0 Å². The average molecular weight is 269 g/mol. The number of rotatable bonds is 8. The van der Waals surface area contributed by atoms with E-state index in [4.69, 9.17) is 5.11 Å². The highest BCUT2D eigenvalue weighted by molar-refractivity contribution is 8.00. The molecule has 0 amide bonds. The van der Waals surface area contributed by atoms with Crippen molar-refractivity contribution in [2.24, 2.45) is 0 Å². The van der Waals surface area contributed by atoms with Gasteiger partial charge in [-0.25, -0.2) is 8.42 Å². The van der Waals surface area contributed by atoms with Crippen molar-refractivity contribution in [1.82, 2.24) is 5.32 Å². The van der Waals surface area contributed by atoms with Crippen molar-refractivity contribution in [1.29, 1.82) is 0 Å². The molecular weight excluding hydrogens is 250 g/mol. The van der Waals surface area contributed by atoms with Gasteiger partial charge < -0.3 is 10.4 Å². The molecule has 0 bridgehead atoms. The molecule has 7 heteroatoms. The summed E-state index contributed by atoms with van der Waals surface area (Å²) >= 11 is 1.46. The van der Waals surface area contributed by atoms with Crippen molar-refractivity contribution in [3.8, 4) is 0 Å². The Labute approximate surface area is 101 Å². The molecule has 0 radical (unpaired) electrons. The van der Waals surface area contributed by atoms with Crippen LogP contribution in [0, 0.1) is 0 Å². The van der Waals surface area contributed by atoms with Gasteiger partial charge in [-0.3, -0.25) is 4.79 Å². The molecule has 0 saturated carbocycles. The first-order valence-electron chi connectivity index (χ1n) is 4.89. The van der Waals surface area contributed by atoms with E-state index in [0.717, 1.165) is 0 Å². The normalized spacial score (nSPS) is 15.7. The van der Waals surface area contributed by atoms with E-state index in [1.807, 2.05) is 0 Å². The summed E-state index contributed by atoms with van der Waals surface area (Å²) < 4.78 is 21.7. The molecular formula is C9H19NO4S2. The minimum Gasteiger partial charge on any atom is -0.480 e. The van der Waals surface area contributed by atoms with Gasteiger partial charge >= 0.3 is 5.97 Å². The molecule has 0 aliphatic heterocycles. The fourth-order valence-corrected chi connectivity index (χ4v) is 3.37. The highest BCUT2D eigenvalue weighted by Gasteiger charge is 2.30. The number of likely N-dealkylation sites (N-methyl/N-ethyl adjacent to an activating group) is 1. The molecule has 0 saturated heterocycles. The third-order valence-corrected chi connectivity index (χ3v) is 4.56. The van der Waals surface area contributed by atoms with Crippen LogP contribution in [-0.4, -0.2) is 55.6 Å². The summed E-state index contributed by atoms with van der Waals surface area (Å²) in [4.78, 5) is 10.9. The standard InChI is InChI=1S/C9H19NO4S2/c1-9(10-2,8(11)12)4-5-15-6-7-16(3,13)14/h10H,4-7H2,1-3H3,(H,11,12). The maximum Gasteiger partial charge on any atom is 0.323 e. The van der Waals surface area contributed by atoms with E-state index in [1.165, 1.54) is 18.0 Å². The van der Waals surface area contributed by atoms with Crippen LogP contribution in [0.1, 0.15) is 13.3 Å². The minimum atomic E-state index is -2.91. The Bertz CT molecular complexity index is 328. The SMILES string of the molecule is CNC(C)(CCSCCS(C)(=O)=O)C(=O)O. The molecule has 0 aliphatic carbocycles. The monoisotopic (exact) mass is 269 g/mol. The maximum absolute atomic E-state index is 10.9. The fraction of sp³-hybridized carbons (Fsp3) is 0.889. The topological polar surface area (TPSA) is 83.5 Å². The molecule has 0 rings (SSSR count). The molecule has 0 heterocycles. The predicted octanol–water partition coefficient (Wildman–Crippen LogP) is 0.217. The Kier molecular flexibility index (Phi) is 6.35. The van der Waals surface area contributed by atoms with Gasteiger partial charge in [0.1, 0.15) is 15.4 Å². The summed E-state index contributed by atoms with van der Waals surface area (Å²) in [6, 6.07) is 0. The zero-order valence-corrected chi connectivity index (χ0v) is 11.4. The number of carboxylic acid groups (broad SMARTS) is 1. The van der Waals surface area contributed by atoms with E-state index in [9.17, 15) is 13.2 Å². The number of aliphatic carboxylic acids is 1. The van der Waals surface area contributed by atoms with Gasteiger partial charge in [0.2, 0.25) is 0 Å². The summed E-state index contributed by atoms with van der Waals surface area (Å²) in [6.07, 6.45) is 1.66. The van der Waals surface area contributed by atoms with Gasteiger partial charge in [-0.2, -0.15) is 11.8 Å². The van der Waals surface area contributed by atoms with Gasteiger partial charge in [-0.05, 0) is 26.1 Å². The van der Waals surface area contributed by atoms with Crippen molar-refractivity contribution in [3.05, 3.63) is 0 Å². The van der Waals surface area contributed by atoms with E-state index < -0.39 is 21.3 Å². The molecule has 1 unspecified atom stereocenters. The zero-order chi connectivity index (χ0) is 12.8. The summed E-state index contributed by atoms with van der Waals surface area (Å²) in [6.45, 7) is 1.62. The first-order chi connectivity index (χ1) is 7.21. The molecule has 0 aromatic carbocycles. The molecule has 0 aromatic rings. The van der Waals surface area contributed by atoms with Crippen molar-refractivity contribution in [2.75, 3.05) is 30.6 Å². The Morgan fingerprint density at radius 2 is 2.00 bits per heavy atom. The highest BCUT2D eigenvalue weighted by atomic mass is 32.2. The molecule has 0 fully saturated rings. The molecule has 0 aromatic heterocycles. The molecule has 96 valence electrons. The lowest BCUT2D eigenvalue weighted by molar-refractivity contribution is -0.144. The lowest BCUT2D eigenvalue weighted by atomic mass is 10.00. The number of hydrogen-bond donors (Lipinski definition) is 2. The first kappa shape index (κ1) is 15.7. The quantitative estimate of drug-likeness (QED) is 0.613. The lowest BCUT2D eigenvalue weighted by Crippen LogP contribution is -2.47. The molecule has 1 atom stereocenters. The summed E-state index contributed by atoms with van der Waals surface area (Å²) in [5, 5.41) is 11.7. The predicted molar refractivity (Wildman–Crippen MR) is 66.8 cm³/mol. The highest BCUT2D eigenvalue weighted by Crippen LogP contribution is 2.14. The number of carboxylic acids is 1. The lowest BCUT2D eigenvalue weighted by Gasteiger charge is -2.23. The second-order valence-electron chi connectivity index (χ2n) is 3.88. The van der Waals surface area contributed by atoms with Gasteiger partial charge in [0.05, 0.1) is 5.75 Å². The van der Waals surface area contributed by atoms with Crippen LogP contribution in [0.25, 0.3) is 0 Å². The van der Waals surface area contributed by atoms with Crippen molar-refractivity contribution in [3.63, 3.8) is 0 Å². The fourth-order valence-electron chi connectivity index (χ4n) is 0.928. The molecule has 0 spiro atoms. The van der Waals surface area contributed by atoms with Crippen molar-refractivity contribution in [2.45, 2.75) is 18.9 Å². The van der Waals surface area contributed by atoms with Crippen LogP contribution < -0.4 is 5.32 Å². The van der Waals surface area contributed by atoms with Crippen molar-refractivity contribution >= 4 is 27.6 Å². The number of sulfone groups is 1. The largest absolute Gasteiger partial charge is 0.480 e. The number of hydrogen-bond acceptors (Lipinski definition) is 5. The van der Waals surface area contributed by atoms with E-state index in [2.05, 4.69) is 5.32 Å². The minimum absolute atomic E-state index is 0.140. The third kappa shape index (κ3) is 6.34. The Balaban J connectivity index is 3.86. The number of nitrogens with one attached hydrogen (secondary N) is 1. The van der Waals surface area contributed by atoms with Crippen LogP contribution in [0.5, 0.6) is 0 Å². The number of carbonyl (C=O) groups is 1. The first-order valence-corrected chi connectivity index (χ1v) is 8.10. The van der Waals surface area contributed by atoms with Crippen LogP contribution in [-0.2, 0) is 14.6 Å². The van der Waals surface area contributed by atoms with E-state index in [0.29, 0.717) is 17.9 Å². The average Bonchev–Trinajstić information content (AvgIpc) is 2.14. The second kappa shape index (κ2) is 6.46. The molecule has 5 nitrogen and oxygen atoms in total. The van der Waals surface area contributed by atoms with Crippen LogP contribution in [0.4, 0.5) is 0 Å². The smallest absolute Gasteiger partial charge is 0.323 e. The van der Waals surface area contributed by atoms with Gasteiger partial charge in [0.15, 0.2) is 0 Å². The molecule has 2 N–H and O–H groups in total. The van der Waals surface area contributed by atoms with Crippen molar-refractivity contribution < 1.29 is 18.3 Å². The van der Waals surface area contributed by atoms with Crippen LogP contribution in [0.2, 0.25) is 0 Å². The zero-order valence-electron chi connectivity index (χ0n) is 9.82. The van der Waals surface area contributed by atoms with Gasteiger partial charge in [-0.15, -0.1) is 0 Å². The maximum atomic E-state index is 10.9. The summed E-state index contributed by atoms with van der Waals surface area (Å²) in [5.74, 6) is 0.386. The van der Waals surface area contributed by atoms with Crippen LogP contribution >= 0.6 is 11.8 Å². The molecule has 0 aliphatic rings. The Hall–Kier alpha value is -0.270.